The molecule has 8 heteroatoms. The molecule has 0 saturated heterocycles. The Bertz CT molecular complexity index is 970. The molecule has 8 nitrogen and oxygen atoms in total. The van der Waals surface area contributed by atoms with Gasteiger partial charge in [0.25, 0.3) is 11.5 Å². The van der Waals surface area contributed by atoms with Gasteiger partial charge in [0.05, 0.1) is 13.3 Å². The summed E-state index contributed by atoms with van der Waals surface area (Å²) in [6.45, 7) is 3.17. The van der Waals surface area contributed by atoms with Gasteiger partial charge in [0.2, 0.25) is 0 Å². The Balaban J connectivity index is 2.36. The van der Waals surface area contributed by atoms with Crippen LogP contribution in [0.15, 0.2) is 34.2 Å². The molecule has 1 aromatic heterocycles. The molecule has 0 radical (unpaired) electrons. The first-order valence-corrected chi connectivity index (χ1v) is 7.64. The molecule has 26 heavy (non-hydrogen) atoms. The molecule has 2 rings (SSSR count). The number of hydrogen-bond donors (Lipinski definition) is 1. The van der Waals surface area contributed by atoms with Crippen molar-refractivity contribution in [3.8, 4) is 17.6 Å². The maximum atomic E-state index is 12.3. The number of amides is 1. The highest BCUT2D eigenvalue weighted by atomic mass is 16.5. The summed E-state index contributed by atoms with van der Waals surface area (Å²) < 4.78 is 11.6. The largest absolute Gasteiger partial charge is 0.493 e. The van der Waals surface area contributed by atoms with Gasteiger partial charge in [-0.3, -0.25) is 9.59 Å². The number of hydrogen-bond acceptors (Lipinski definition) is 6. The van der Waals surface area contributed by atoms with Crippen molar-refractivity contribution >= 4 is 12.1 Å². The normalized spacial score (nSPS) is 10.5. The molecular weight excluding hydrogens is 336 g/mol. The second kappa shape index (κ2) is 7.98. The van der Waals surface area contributed by atoms with Crippen LogP contribution in [0, 0.1) is 25.2 Å². The number of carbonyl (C=O) groups excluding carboxylic acids is 1. The fraction of sp³-hybridized carbons (Fsp3) is 0.222. The number of carbonyl (C=O) groups is 1. The van der Waals surface area contributed by atoms with Gasteiger partial charge >= 0.3 is 0 Å². The van der Waals surface area contributed by atoms with E-state index in [9.17, 15) is 9.59 Å². The number of nitrogens with zero attached hydrogens (tertiary/aromatic N) is 3. The Hall–Kier alpha value is -3.60. The molecule has 1 aromatic carbocycles. The Kier molecular flexibility index (Phi) is 5.75. The van der Waals surface area contributed by atoms with E-state index in [2.05, 4.69) is 5.10 Å². The molecule has 2 N–H and O–H groups in total. The highest BCUT2D eigenvalue weighted by Gasteiger charge is 2.10. The molecule has 134 valence electrons. The van der Waals surface area contributed by atoms with Crippen LogP contribution in [-0.2, 0) is 4.79 Å². The monoisotopic (exact) mass is 354 g/mol. The smallest absolute Gasteiger partial charge is 0.289 e. The van der Waals surface area contributed by atoms with Crippen LogP contribution in [0.4, 0.5) is 0 Å². The van der Waals surface area contributed by atoms with Gasteiger partial charge in [-0.1, -0.05) is 0 Å². The van der Waals surface area contributed by atoms with Crippen LogP contribution in [0.1, 0.15) is 22.4 Å². The zero-order chi connectivity index (χ0) is 19.3. The number of benzene rings is 1. The molecule has 0 bridgehead atoms. The fourth-order valence-corrected chi connectivity index (χ4v) is 2.32. The van der Waals surface area contributed by atoms with Crippen LogP contribution in [0.2, 0.25) is 0 Å². The predicted octanol–water partition coefficient (Wildman–Crippen LogP) is 1.09. The first-order valence-electron chi connectivity index (χ1n) is 7.64. The number of rotatable bonds is 6. The lowest BCUT2D eigenvalue weighted by Gasteiger charge is -2.10. The standard InChI is InChI=1S/C18H18N4O4/c1-11-6-12(2)22(18(24)14(11)8-19)21-9-13-4-5-15(16(7-13)25-3)26-10-17(20)23/h4-7,9H,10H2,1-3H3,(H2,20,23). The molecule has 0 unspecified atom stereocenters. The van der Waals surface area contributed by atoms with Crippen LogP contribution in [0.3, 0.4) is 0 Å². The van der Waals surface area contributed by atoms with Gasteiger partial charge in [0.15, 0.2) is 18.1 Å². The summed E-state index contributed by atoms with van der Waals surface area (Å²) in [5, 5.41) is 13.3. The van der Waals surface area contributed by atoms with E-state index in [0.717, 1.165) is 4.68 Å². The van der Waals surface area contributed by atoms with Crippen LogP contribution >= 0.6 is 0 Å². The van der Waals surface area contributed by atoms with Crippen molar-refractivity contribution in [3.05, 3.63) is 57.0 Å². The Morgan fingerprint density at radius 1 is 1.35 bits per heavy atom. The number of nitrogens with two attached hydrogens (primary N) is 1. The summed E-state index contributed by atoms with van der Waals surface area (Å²) in [5.74, 6) is 0.153. The van der Waals surface area contributed by atoms with Crippen molar-refractivity contribution in [2.24, 2.45) is 10.8 Å². The zero-order valence-corrected chi connectivity index (χ0v) is 14.6. The molecule has 2 aromatic rings. The van der Waals surface area contributed by atoms with Gasteiger partial charge in [0.1, 0.15) is 11.6 Å². The lowest BCUT2D eigenvalue weighted by molar-refractivity contribution is -0.119. The average molecular weight is 354 g/mol. The van der Waals surface area contributed by atoms with Crippen molar-refractivity contribution in [2.45, 2.75) is 13.8 Å². The maximum Gasteiger partial charge on any atom is 0.289 e. The molecule has 1 amide bonds. The second-order valence-corrected chi connectivity index (χ2v) is 5.48. The highest BCUT2D eigenvalue weighted by Crippen LogP contribution is 2.27. The predicted molar refractivity (Wildman–Crippen MR) is 95.6 cm³/mol. The lowest BCUT2D eigenvalue weighted by Crippen LogP contribution is -2.22. The third-order valence-corrected chi connectivity index (χ3v) is 3.55. The van der Waals surface area contributed by atoms with Gasteiger partial charge in [-0.2, -0.15) is 10.4 Å². The van der Waals surface area contributed by atoms with Gasteiger partial charge < -0.3 is 15.2 Å². The fourth-order valence-electron chi connectivity index (χ4n) is 2.32. The summed E-state index contributed by atoms with van der Waals surface area (Å²) in [7, 11) is 1.46. The number of nitriles is 1. The van der Waals surface area contributed by atoms with Crippen LogP contribution < -0.4 is 20.8 Å². The van der Waals surface area contributed by atoms with Crippen molar-refractivity contribution in [1.82, 2.24) is 4.68 Å². The molecule has 0 aliphatic carbocycles. The van der Waals surface area contributed by atoms with Crippen molar-refractivity contribution in [3.63, 3.8) is 0 Å². The number of pyridine rings is 1. The number of primary amides is 1. The third-order valence-electron chi connectivity index (χ3n) is 3.55. The second-order valence-electron chi connectivity index (χ2n) is 5.48. The molecule has 0 spiro atoms. The van der Waals surface area contributed by atoms with E-state index >= 15 is 0 Å². The summed E-state index contributed by atoms with van der Waals surface area (Å²) >= 11 is 0. The van der Waals surface area contributed by atoms with E-state index in [0.29, 0.717) is 28.3 Å². The quantitative estimate of drug-likeness (QED) is 0.779. The van der Waals surface area contributed by atoms with E-state index in [4.69, 9.17) is 20.5 Å². The first-order chi connectivity index (χ1) is 12.4. The summed E-state index contributed by atoms with van der Waals surface area (Å²) in [4.78, 5) is 23.1. The summed E-state index contributed by atoms with van der Waals surface area (Å²) in [5.41, 5.74) is 6.49. The number of aromatic nitrogens is 1. The highest BCUT2D eigenvalue weighted by molar-refractivity contribution is 5.81. The summed E-state index contributed by atoms with van der Waals surface area (Å²) in [6, 6.07) is 8.54. The van der Waals surface area contributed by atoms with Gasteiger partial charge in [-0.05, 0) is 49.2 Å². The van der Waals surface area contributed by atoms with Gasteiger partial charge in [-0.25, -0.2) is 4.68 Å². The van der Waals surface area contributed by atoms with E-state index < -0.39 is 11.5 Å². The molecule has 1 heterocycles. The molecule has 0 aliphatic heterocycles. The van der Waals surface area contributed by atoms with E-state index in [1.807, 2.05) is 6.07 Å². The number of methoxy groups -OCH3 is 1. The minimum absolute atomic E-state index is 0.0560. The SMILES string of the molecule is COc1cc(C=Nn2c(C)cc(C)c(C#N)c2=O)ccc1OCC(N)=O. The molecule has 0 atom stereocenters. The summed E-state index contributed by atoms with van der Waals surface area (Å²) in [6.07, 6.45) is 1.46. The van der Waals surface area contributed by atoms with E-state index in [1.54, 1.807) is 38.1 Å². The van der Waals surface area contributed by atoms with E-state index in [1.165, 1.54) is 13.3 Å². The number of ether oxygens (including phenoxy) is 2. The number of aryl methyl sites for hydroxylation is 2. The Morgan fingerprint density at radius 3 is 2.69 bits per heavy atom. The van der Waals surface area contributed by atoms with Gasteiger partial charge in [0, 0.05) is 5.69 Å². The molecule has 0 saturated carbocycles. The van der Waals surface area contributed by atoms with Crippen LogP contribution in [0.25, 0.3) is 0 Å². The molecule has 0 aliphatic rings. The minimum atomic E-state index is -0.597. The Labute approximate surface area is 150 Å². The Morgan fingerprint density at radius 2 is 2.08 bits per heavy atom. The topological polar surface area (TPSA) is 120 Å². The van der Waals surface area contributed by atoms with Crippen molar-refractivity contribution in [1.29, 1.82) is 5.26 Å². The van der Waals surface area contributed by atoms with Gasteiger partial charge in [-0.15, -0.1) is 0 Å². The first kappa shape index (κ1) is 18.7. The molecular formula is C18H18N4O4. The minimum Gasteiger partial charge on any atom is -0.493 e. The van der Waals surface area contributed by atoms with E-state index in [-0.39, 0.29) is 12.2 Å². The third kappa shape index (κ3) is 4.08. The molecule has 0 fully saturated rings. The van der Waals surface area contributed by atoms with Crippen molar-refractivity contribution < 1.29 is 14.3 Å². The van der Waals surface area contributed by atoms with Crippen LogP contribution in [-0.4, -0.2) is 30.5 Å². The average Bonchev–Trinajstić information content (AvgIpc) is 2.60. The lowest BCUT2D eigenvalue weighted by atomic mass is 10.1. The maximum absolute atomic E-state index is 12.3. The zero-order valence-electron chi connectivity index (χ0n) is 14.6. The van der Waals surface area contributed by atoms with Crippen LogP contribution in [0.5, 0.6) is 11.5 Å². The van der Waals surface area contributed by atoms with Crippen molar-refractivity contribution in [2.75, 3.05) is 13.7 Å².